The molecule has 1 aromatic carbocycles. The zero-order valence-electron chi connectivity index (χ0n) is 14.3. The minimum Gasteiger partial charge on any atom is -0.462 e. The van der Waals surface area contributed by atoms with Gasteiger partial charge in [-0.3, -0.25) is 0 Å². The van der Waals surface area contributed by atoms with Crippen molar-refractivity contribution in [3.05, 3.63) is 59.2 Å². The fourth-order valence-corrected chi connectivity index (χ4v) is 2.54. The molecule has 3 rings (SSSR count). The van der Waals surface area contributed by atoms with Gasteiger partial charge < -0.3 is 10.1 Å². The summed E-state index contributed by atoms with van der Waals surface area (Å²) in [7, 11) is 0. The van der Waals surface area contributed by atoms with Crippen LogP contribution >= 0.6 is 0 Å². The Bertz CT molecular complexity index is 957. The molecule has 3 aromatic rings. The van der Waals surface area contributed by atoms with Crippen LogP contribution in [0, 0.1) is 19.7 Å². The number of carbonyl (C=O) groups is 1. The lowest BCUT2D eigenvalue weighted by atomic mass is 10.1. The van der Waals surface area contributed by atoms with Gasteiger partial charge in [0.25, 0.3) is 0 Å². The molecule has 0 spiro atoms. The van der Waals surface area contributed by atoms with Crippen molar-refractivity contribution in [3.63, 3.8) is 0 Å². The molecule has 0 fully saturated rings. The third-order valence-electron chi connectivity index (χ3n) is 3.79. The number of nitrogens with one attached hydrogen (secondary N) is 1. The Morgan fingerprint density at radius 3 is 2.76 bits per heavy atom. The minimum atomic E-state index is -0.473. The van der Waals surface area contributed by atoms with E-state index in [0.29, 0.717) is 33.5 Å². The van der Waals surface area contributed by atoms with Crippen molar-refractivity contribution >= 4 is 28.4 Å². The lowest BCUT2D eigenvalue weighted by Crippen LogP contribution is -2.10. The average molecular weight is 339 g/mol. The maximum atomic E-state index is 13.5. The molecule has 2 aromatic heterocycles. The lowest BCUT2D eigenvalue weighted by molar-refractivity contribution is 0.0527. The van der Waals surface area contributed by atoms with Crippen LogP contribution in [0.25, 0.3) is 11.0 Å². The number of ether oxygens (including phenoxy) is 1. The molecular formula is C19H18FN3O2. The number of pyridine rings is 2. The first kappa shape index (κ1) is 16.8. The standard InChI is InChI=1S/C19H18FN3O2/c1-4-25-19(24)15-10-21-18-14(7-5-12(3)22-18)17(15)23-13-6-8-16(20)11(2)9-13/h5-10H,4H2,1-3H3,(H,21,22,23). The zero-order chi connectivity index (χ0) is 18.0. The van der Waals surface area contributed by atoms with Gasteiger partial charge in [0.2, 0.25) is 0 Å². The van der Waals surface area contributed by atoms with Crippen LogP contribution in [0.4, 0.5) is 15.8 Å². The summed E-state index contributed by atoms with van der Waals surface area (Å²) in [6.45, 7) is 5.56. The minimum absolute atomic E-state index is 0.262. The highest BCUT2D eigenvalue weighted by molar-refractivity contribution is 6.05. The summed E-state index contributed by atoms with van der Waals surface area (Å²) in [6.07, 6.45) is 1.45. The van der Waals surface area contributed by atoms with E-state index >= 15 is 0 Å². The van der Waals surface area contributed by atoms with Crippen LogP contribution in [0.1, 0.15) is 28.5 Å². The van der Waals surface area contributed by atoms with E-state index < -0.39 is 5.97 Å². The molecule has 0 unspecified atom stereocenters. The summed E-state index contributed by atoms with van der Waals surface area (Å²) in [6, 6.07) is 8.38. The lowest BCUT2D eigenvalue weighted by Gasteiger charge is -2.14. The zero-order valence-corrected chi connectivity index (χ0v) is 14.3. The van der Waals surface area contributed by atoms with Crippen molar-refractivity contribution in [2.24, 2.45) is 0 Å². The van der Waals surface area contributed by atoms with Gasteiger partial charge in [0.1, 0.15) is 11.4 Å². The predicted octanol–water partition coefficient (Wildman–Crippen LogP) is 4.31. The first-order valence-corrected chi connectivity index (χ1v) is 7.96. The highest BCUT2D eigenvalue weighted by Gasteiger charge is 2.18. The molecule has 0 amide bonds. The van der Waals surface area contributed by atoms with Crippen molar-refractivity contribution in [2.75, 3.05) is 11.9 Å². The van der Waals surface area contributed by atoms with E-state index in [4.69, 9.17) is 4.74 Å². The summed E-state index contributed by atoms with van der Waals surface area (Å²) >= 11 is 0. The SMILES string of the molecule is CCOC(=O)c1cnc2nc(C)ccc2c1Nc1ccc(F)c(C)c1. The summed E-state index contributed by atoms with van der Waals surface area (Å²) in [5.41, 5.74) is 3.37. The van der Waals surface area contributed by atoms with E-state index in [-0.39, 0.29) is 12.4 Å². The number of carbonyl (C=O) groups excluding carboxylic acids is 1. The Morgan fingerprint density at radius 2 is 2.04 bits per heavy atom. The first-order chi connectivity index (χ1) is 12.0. The number of aromatic nitrogens is 2. The molecule has 0 atom stereocenters. The van der Waals surface area contributed by atoms with Crippen molar-refractivity contribution in [2.45, 2.75) is 20.8 Å². The molecule has 1 N–H and O–H groups in total. The van der Waals surface area contributed by atoms with E-state index in [0.717, 1.165) is 5.69 Å². The van der Waals surface area contributed by atoms with Crippen LogP contribution in [0.15, 0.2) is 36.5 Å². The number of esters is 1. The normalized spacial score (nSPS) is 10.7. The molecule has 128 valence electrons. The average Bonchev–Trinajstić information content (AvgIpc) is 2.58. The molecular weight excluding hydrogens is 321 g/mol. The fourth-order valence-electron chi connectivity index (χ4n) is 2.54. The Morgan fingerprint density at radius 1 is 1.24 bits per heavy atom. The second-order valence-corrected chi connectivity index (χ2v) is 5.68. The van der Waals surface area contributed by atoms with Gasteiger partial charge in [-0.2, -0.15) is 0 Å². The Kier molecular flexibility index (Phi) is 4.61. The second-order valence-electron chi connectivity index (χ2n) is 5.68. The van der Waals surface area contributed by atoms with Gasteiger partial charge in [0.05, 0.1) is 12.3 Å². The maximum Gasteiger partial charge on any atom is 0.341 e. The topological polar surface area (TPSA) is 64.1 Å². The van der Waals surface area contributed by atoms with E-state index in [1.54, 1.807) is 26.0 Å². The monoisotopic (exact) mass is 339 g/mol. The van der Waals surface area contributed by atoms with Crippen LogP contribution in [0.3, 0.4) is 0 Å². The van der Waals surface area contributed by atoms with E-state index in [9.17, 15) is 9.18 Å². The van der Waals surface area contributed by atoms with E-state index in [1.165, 1.54) is 12.3 Å². The summed E-state index contributed by atoms with van der Waals surface area (Å²) in [5, 5.41) is 3.89. The molecule has 2 heterocycles. The Labute approximate surface area is 144 Å². The van der Waals surface area contributed by atoms with Gasteiger partial charge >= 0.3 is 5.97 Å². The second kappa shape index (κ2) is 6.84. The molecule has 0 aliphatic rings. The Balaban J connectivity index is 2.15. The highest BCUT2D eigenvalue weighted by Crippen LogP contribution is 2.29. The fraction of sp³-hybridized carbons (Fsp3) is 0.211. The summed E-state index contributed by atoms with van der Waals surface area (Å²) in [5.74, 6) is -0.758. The number of nitrogens with zero attached hydrogens (tertiary/aromatic N) is 2. The molecule has 0 aliphatic carbocycles. The van der Waals surface area contributed by atoms with Crippen LogP contribution in [0.5, 0.6) is 0 Å². The van der Waals surface area contributed by atoms with E-state index in [1.807, 2.05) is 19.1 Å². The third kappa shape index (κ3) is 3.42. The molecule has 25 heavy (non-hydrogen) atoms. The van der Waals surface area contributed by atoms with Crippen molar-refractivity contribution in [1.29, 1.82) is 0 Å². The molecule has 5 nitrogen and oxygen atoms in total. The van der Waals surface area contributed by atoms with E-state index in [2.05, 4.69) is 15.3 Å². The quantitative estimate of drug-likeness (QED) is 0.718. The number of hydrogen-bond acceptors (Lipinski definition) is 5. The first-order valence-electron chi connectivity index (χ1n) is 7.96. The number of anilines is 2. The molecule has 0 saturated carbocycles. The number of benzene rings is 1. The largest absolute Gasteiger partial charge is 0.462 e. The van der Waals surface area contributed by atoms with Crippen LogP contribution in [0.2, 0.25) is 0 Å². The summed E-state index contributed by atoms with van der Waals surface area (Å²) in [4.78, 5) is 21.0. The van der Waals surface area contributed by atoms with Gasteiger partial charge in [-0.05, 0) is 56.7 Å². The molecule has 0 aliphatic heterocycles. The molecule has 0 saturated heterocycles. The van der Waals surface area contributed by atoms with Crippen LogP contribution < -0.4 is 5.32 Å². The molecule has 6 heteroatoms. The number of fused-ring (bicyclic) bond motifs is 1. The van der Waals surface area contributed by atoms with Gasteiger partial charge in [-0.25, -0.2) is 19.2 Å². The number of aryl methyl sites for hydroxylation is 2. The predicted molar refractivity (Wildman–Crippen MR) is 94.7 cm³/mol. The van der Waals surface area contributed by atoms with Gasteiger partial charge in [0.15, 0.2) is 5.65 Å². The van der Waals surface area contributed by atoms with Crippen molar-refractivity contribution in [1.82, 2.24) is 9.97 Å². The van der Waals surface area contributed by atoms with Crippen LogP contribution in [-0.4, -0.2) is 22.5 Å². The smallest absolute Gasteiger partial charge is 0.341 e. The Hall–Kier alpha value is -3.02. The van der Waals surface area contributed by atoms with Crippen LogP contribution in [-0.2, 0) is 4.74 Å². The highest BCUT2D eigenvalue weighted by atomic mass is 19.1. The van der Waals surface area contributed by atoms with Crippen molar-refractivity contribution in [3.8, 4) is 0 Å². The number of halogens is 1. The van der Waals surface area contributed by atoms with Gasteiger partial charge in [0, 0.05) is 23.0 Å². The third-order valence-corrected chi connectivity index (χ3v) is 3.79. The maximum absolute atomic E-state index is 13.5. The molecule has 0 bridgehead atoms. The summed E-state index contributed by atoms with van der Waals surface area (Å²) < 4.78 is 18.6. The van der Waals surface area contributed by atoms with Crippen molar-refractivity contribution < 1.29 is 13.9 Å². The number of rotatable bonds is 4. The van der Waals surface area contributed by atoms with Gasteiger partial charge in [-0.15, -0.1) is 0 Å². The number of hydrogen-bond donors (Lipinski definition) is 1. The van der Waals surface area contributed by atoms with Gasteiger partial charge in [-0.1, -0.05) is 0 Å². The molecule has 0 radical (unpaired) electrons.